The highest BCUT2D eigenvalue weighted by molar-refractivity contribution is 5.94. The predicted molar refractivity (Wildman–Crippen MR) is 99.3 cm³/mol. The van der Waals surface area contributed by atoms with Crippen molar-refractivity contribution in [2.24, 2.45) is 11.7 Å². The minimum absolute atomic E-state index is 0.692. The van der Waals surface area contributed by atoms with E-state index in [-0.39, 0.29) is 0 Å². The lowest BCUT2D eigenvalue weighted by Crippen LogP contribution is -2.09. The smallest absolute Gasteiger partial charge is 0.166 e. The zero-order chi connectivity index (χ0) is 16.9. The summed E-state index contributed by atoms with van der Waals surface area (Å²) in [6.45, 7) is 5.39. The Morgan fingerprint density at radius 3 is 2.88 bits per heavy atom. The molecular weight excluding hydrogens is 298 g/mol. The third-order valence-corrected chi connectivity index (χ3v) is 4.37. The molecule has 1 heterocycles. The van der Waals surface area contributed by atoms with Crippen molar-refractivity contribution in [2.45, 2.75) is 19.4 Å². The maximum Gasteiger partial charge on any atom is 0.166 e. The second-order valence-electron chi connectivity index (χ2n) is 6.15. The van der Waals surface area contributed by atoms with Crippen LogP contribution < -0.4 is 5.73 Å². The summed E-state index contributed by atoms with van der Waals surface area (Å²) < 4.78 is 2.17. The average Bonchev–Trinajstić information content (AvgIpc) is 3.34. The highest BCUT2D eigenvalue weighted by atomic mass is 16.1. The van der Waals surface area contributed by atoms with E-state index in [9.17, 15) is 4.79 Å². The van der Waals surface area contributed by atoms with E-state index in [2.05, 4.69) is 35.4 Å². The minimum Gasteiger partial charge on any atom is -0.403 e. The summed E-state index contributed by atoms with van der Waals surface area (Å²) in [6, 6.07) is 8.17. The van der Waals surface area contributed by atoms with E-state index >= 15 is 0 Å². The second kappa shape index (κ2) is 7.21. The number of nitrogens with zero attached hydrogens (tertiary/aromatic N) is 2. The van der Waals surface area contributed by atoms with Crippen LogP contribution in [-0.4, -0.2) is 22.3 Å². The normalized spacial score (nSPS) is 14.7. The van der Waals surface area contributed by atoms with Crippen molar-refractivity contribution in [3.05, 3.63) is 66.8 Å². The molecule has 0 aliphatic heterocycles. The van der Waals surface area contributed by atoms with E-state index < -0.39 is 0 Å². The Hall–Kier alpha value is -2.75. The second-order valence-corrected chi connectivity index (χ2v) is 6.15. The summed E-state index contributed by atoms with van der Waals surface area (Å²) in [6.07, 6.45) is 12.7. The van der Waals surface area contributed by atoms with Gasteiger partial charge in [-0.1, -0.05) is 36.9 Å². The summed E-state index contributed by atoms with van der Waals surface area (Å²) in [5.41, 5.74) is 8.45. The average molecular weight is 321 g/mol. The van der Waals surface area contributed by atoms with Crippen LogP contribution in [0.2, 0.25) is 0 Å². The van der Waals surface area contributed by atoms with Gasteiger partial charge in [-0.05, 0) is 36.6 Å². The molecule has 124 valence electrons. The van der Waals surface area contributed by atoms with Gasteiger partial charge >= 0.3 is 0 Å². The Labute approximate surface area is 142 Å². The third kappa shape index (κ3) is 3.43. The van der Waals surface area contributed by atoms with Crippen LogP contribution in [0, 0.1) is 5.92 Å². The maximum absolute atomic E-state index is 11.4. The van der Waals surface area contributed by atoms with Crippen molar-refractivity contribution in [2.75, 3.05) is 6.54 Å². The van der Waals surface area contributed by atoms with Crippen molar-refractivity contribution in [1.82, 2.24) is 9.47 Å². The summed E-state index contributed by atoms with van der Waals surface area (Å²) in [7, 11) is 0. The molecule has 1 aromatic heterocycles. The first-order chi connectivity index (χ1) is 11.8. The molecule has 0 unspecified atom stereocenters. The summed E-state index contributed by atoms with van der Waals surface area (Å²) in [4.78, 5) is 13.3. The van der Waals surface area contributed by atoms with Crippen molar-refractivity contribution < 1.29 is 4.79 Å². The lowest BCUT2D eigenvalue weighted by molar-refractivity contribution is 0.111. The maximum atomic E-state index is 11.4. The van der Waals surface area contributed by atoms with Crippen LogP contribution in [0.4, 0.5) is 0 Å². The zero-order valence-electron chi connectivity index (χ0n) is 13.8. The fraction of sp³-hybridized carbons (Fsp3) is 0.250. The molecule has 2 aromatic rings. The number of rotatable bonds is 8. The van der Waals surface area contributed by atoms with E-state index in [0.29, 0.717) is 12.5 Å². The molecule has 1 aromatic carbocycles. The number of benzene rings is 1. The molecule has 0 bridgehead atoms. The SMILES string of the molecule is C=CN(/C=C\N)C/C=C/c1cccc2cc(C=O)n(CC3CC3)c12. The van der Waals surface area contributed by atoms with Crippen molar-refractivity contribution >= 4 is 23.3 Å². The molecule has 1 saturated carbocycles. The molecule has 0 radical (unpaired) electrons. The van der Waals surface area contributed by atoms with E-state index in [4.69, 9.17) is 5.73 Å². The number of carbonyl (C=O) groups is 1. The Balaban J connectivity index is 1.93. The van der Waals surface area contributed by atoms with Crippen LogP contribution in [0.1, 0.15) is 28.9 Å². The number of hydrogen-bond donors (Lipinski definition) is 1. The molecule has 1 aliphatic rings. The van der Waals surface area contributed by atoms with Gasteiger partial charge in [0.05, 0.1) is 11.2 Å². The lowest BCUT2D eigenvalue weighted by Gasteiger charge is -2.11. The number of hydrogen-bond acceptors (Lipinski definition) is 3. The fourth-order valence-corrected chi connectivity index (χ4v) is 2.97. The van der Waals surface area contributed by atoms with Crippen LogP contribution in [0.25, 0.3) is 17.0 Å². The van der Waals surface area contributed by atoms with Crippen molar-refractivity contribution in [1.29, 1.82) is 0 Å². The largest absolute Gasteiger partial charge is 0.403 e. The van der Waals surface area contributed by atoms with Gasteiger partial charge in [0.15, 0.2) is 6.29 Å². The summed E-state index contributed by atoms with van der Waals surface area (Å²) >= 11 is 0. The highest BCUT2D eigenvalue weighted by Gasteiger charge is 2.24. The molecule has 4 heteroatoms. The third-order valence-electron chi connectivity index (χ3n) is 4.37. The van der Waals surface area contributed by atoms with Gasteiger partial charge in [-0.25, -0.2) is 0 Å². The van der Waals surface area contributed by atoms with E-state index in [1.165, 1.54) is 19.0 Å². The van der Waals surface area contributed by atoms with Gasteiger partial charge in [0.25, 0.3) is 0 Å². The number of nitrogens with two attached hydrogens (primary N) is 1. The molecule has 1 aliphatic carbocycles. The Bertz CT molecular complexity index is 797. The lowest BCUT2D eigenvalue weighted by atomic mass is 10.1. The van der Waals surface area contributed by atoms with Gasteiger partial charge in [-0.2, -0.15) is 0 Å². The molecule has 2 N–H and O–H groups in total. The van der Waals surface area contributed by atoms with Crippen LogP contribution in [0.15, 0.2) is 55.5 Å². The zero-order valence-corrected chi connectivity index (χ0v) is 13.8. The van der Waals surface area contributed by atoms with Crippen LogP contribution in [-0.2, 0) is 6.54 Å². The molecule has 3 rings (SSSR count). The van der Waals surface area contributed by atoms with E-state index in [0.717, 1.165) is 35.0 Å². The van der Waals surface area contributed by atoms with Gasteiger partial charge in [-0.15, -0.1) is 0 Å². The monoisotopic (exact) mass is 321 g/mol. The minimum atomic E-state index is 0.692. The molecule has 1 fully saturated rings. The Kier molecular flexibility index (Phi) is 4.85. The van der Waals surface area contributed by atoms with Gasteiger partial charge < -0.3 is 15.2 Å². The van der Waals surface area contributed by atoms with E-state index in [1.54, 1.807) is 12.4 Å². The molecule has 4 nitrogen and oxygen atoms in total. The topological polar surface area (TPSA) is 51.3 Å². The highest BCUT2D eigenvalue weighted by Crippen LogP contribution is 2.34. The predicted octanol–water partition coefficient (Wildman–Crippen LogP) is 3.75. The molecule has 0 spiro atoms. The van der Waals surface area contributed by atoms with E-state index in [1.807, 2.05) is 17.0 Å². The Morgan fingerprint density at radius 2 is 2.21 bits per heavy atom. The molecule has 0 saturated heterocycles. The molecule has 24 heavy (non-hydrogen) atoms. The summed E-state index contributed by atoms with van der Waals surface area (Å²) in [5, 5.41) is 1.11. The first kappa shape index (κ1) is 16.1. The van der Waals surface area contributed by atoms with Crippen molar-refractivity contribution in [3.63, 3.8) is 0 Å². The fourth-order valence-electron chi connectivity index (χ4n) is 2.97. The first-order valence-electron chi connectivity index (χ1n) is 8.27. The number of carbonyl (C=O) groups excluding carboxylic acids is 1. The standard InChI is InChI=1S/C20H23N3O/c1-2-22(12-10-21)11-4-7-17-5-3-6-18-13-19(15-24)23(20(17)18)14-16-8-9-16/h2-7,10,12-13,15-16H,1,8-9,11,14,21H2/b7-4+,12-10-. The quantitative estimate of drug-likeness (QED) is 0.753. The first-order valence-corrected chi connectivity index (χ1v) is 8.27. The summed E-state index contributed by atoms with van der Waals surface area (Å²) in [5.74, 6) is 0.710. The number of aromatic nitrogens is 1. The van der Waals surface area contributed by atoms with Crippen LogP contribution in [0.5, 0.6) is 0 Å². The van der Waals surface area contributed by atoms with Gasteiger partial charge in [0, 0.05) is 30.9 Å². The van der Waals surface area contributed by atoms with Crippen molar-refractivity contribution in [3.8, 4) is 0 Å². The van der Waals surface area contributed by atoms with Crippen LogP contribution >= 0.6 is 0 Å². The number of para-hydroxylation sites is 1. The van der Waals surface area contributed by atoms with Gasteiger partial charge in [0.1, 0.15) is 0 Å². The number of fused-ring (bicyclic) bond motifs is 1. The number of aldehydes is 1. The van der Waals surface area contributed by atoms with Gasteiger partial charge in [-0.3, -0.25) is 4.79 Å². The van der Waals surface area contributed by atoms with Gasteiger partial charge in [0.2, 0.25) is 0 Å². The van der Waals surface area contributed by atoms with Crippen LogP contribution in [0.3, 0.4) is 0 Å². The molecule has 0 amide bonds. The Morgan fingerprint density at radius 1 is 1.38 bits per heavy atom. The molecular formula is C20H23N3O. The molecule has 0 atom stereocenters.